The second-order valence-corrected chi connectivity index (χ2v) is 6.93. The van der Waals surface area contributed by atoms with Gasteiger partial charge in [0.2, 0.25) is 5.91 Å². The molecule has 1 atom stereocenters. The second-order valence-electron chi connectivity index (χ2n) is 5.17. The number of benzene rings is 1. The van der Waals surface area contributed by atoms with Crippen molar-refractivity contribution in [2.45, 2.75) is 38.3 Å². The first-order valence-corrected chi connectivity index (χ1v) is 8.42. The van der Waals surface area contributed by atoms with Crippen molar-refractivity contribution < 1.29 is 27.5 Å². The second kappa shape index (κ2) is 8.62. The van der Waals surface area contributed by atoms with E-state index in [0.29, 0.717) is 0 Å². The number of halogens is 4. The van der Waals surface area contributed by atoms with Crippen LogP contribution in [0.1, 0.15) is 26.3 Å². The molecule has 0 spiro atoms. The van der Waals surface area contributed by atoms with Crippen molar-refractivity contribution >= 4 is 40.9 Å². The lowest BCUT2D eigenvalue weighted by atomic mass is 10.1. The van der Waals surface area contributed by atoms with E-state index >= 15 is 0 Å². The van der Waals surface area contributed by atoms with E-state index in [1.807, 2.05) is 0 Å². The molecule has 1 aromatic rings. The fourth-order valence-electron chi connectivity index (χ4n) is 1.66. The van der Waals surface area contributed by atoms with Crippen LogP contribution in [-0.2, 0) is 20.5 Å². The number of esters is 1. The lowest BCUT2D eigenvalue weighted by Gasteiger charge is -2.16. The molecular formula is C15H17ClF3NO3S. The van der Waals surface area contributed by atoms with Crippen LogP contribution in [0, 0.1) is 0 Å². The van der Waals surface area contributed by atoms with E-state index in [9.17, 15) is 22.8 Å². The van der Waals surface area contributed by atoms with Crippen LogP contribution >= 0.6 is 23.4 Å². The molecule has 1 N–H and O–H groups in total. The zero-order chi connectivity index (χ0) is 18.5. The first kappa shape index (κ1) is 20.6. The third-order valence-corrected chi connectivity index (χ3v) is 4.08. The Labute approximate surface area is 147 Å². The highest BCUT2D eigenvalue weighted by molar-refractivity contribution is 8.01. The molecule has 0 heterocycles. The van der Waals surface area contributed by atoms with Gasteiger partial charge in [0.05, 0.1) is 28.4 Å². The molecule has 0 radical (unpaired) electrons. The lowest BCUT2D eigenvalue weighted by Crippen LogP contribution is -2.26. The summed E-state index contributed by atoms with van der Waals surface area (Å²) in [5, 5.41) is 1.40. The van der Waals surface area contributed by atoms with E-state index in [4.69, 9.17) is 16.3 Å². The molecule has 1 amide bonds. The molecule has 0 fully saturated rings. The van der Waals surface area contributed by atoms with Crippen LogP contribution < -0.4 is 5.32 Å². The zero-order valence-corrected chi connectivity index (χ0v) is 14.8. The molecule has 0 bridgehead atoms. The molecule has 1 rings (SSSR count). The van der Waals surface area contributed by atoms with Crippen molar-refractivity contribution in [2.24, 2.45) is 0 Å². The number of amides is 1. The normalized spacial score (nSPS) is 12.8. The maximum Gasteiger partial charge on any atom is 0.418 e. The SMILES string of the molecule is CC(C)OC(=O)CSC(C)C(=O)Nc1ccc(Cl)cc1C(F)(F)F. The van der Waals surface area contributed by atoms with Crippen LogP contribution in [-0.4, -0.2) is 29.0 Å². The summed E-state index contributed by atoms with van der Waals surface area (Å²) in [6.45, 7) is 4.88. The summed E-state index contributed by atoms with van der Waals surface area (Å²) in [6, 6.07) is 3.09. The van der Waals surface area contributed by atoms with Crippen LogP contribution in [0.4, 0.5) is 18.9 Å². The van der Waals surface area contributed by atoms with Gasteiger partial charge in [-0.2, -0.15) is 13.2 Å². The lowest BCUT2D eigenvalue weighted by molar-refractivity contribution is -0.144. The number of hydrogen-bond acceptors (Lipinski definition) is 4. The van der Waals surface area contributed by atoms with Gasteiger partial charge in [0, 0.05) is 5.02 Å². The largest absolute Gasteiger partial charge is 0.462 e. The minimum absolute atomic E-state index is 0.0699. The Bertz CT molecular complexity index is 608. The molecule has 1 aromatic carbocycles. The Morgan fingerprint density at radius 2 is 1.92 bits per heavy atom. The van der Waals surface area contributed by atoms with Gasteiger partial charge in [0.25, 0.3) is 0 Å². The number of carbonyl (C=O) groups excluding carboxylic acids is 2. The molecule has 1 unspecified atom stereocenters. The Kier molecular flexibility index (Phi) is 7.41. The summed E-state index contributed by atoms with van der Waals surface area (Å²) in [7, 11) is 0. The van der Waals surface area contributed by atoms with Crippen molar-refractivity contribution in [3.8, 4) is 0 Å². The van der Waals surface area contributed by atoms with Crippen molar-refractivity contribution in [1.29, 1.82) is 0 Å². The van der Waals surface area contributed by atoms with Gasteiger partial charge < -0.3 is 10.1 Å². The number of rotatable bonds is 6. The topological polar surface area (TPSA) is 55.4 Å². The van der Waals surface area contributed by atoms with Gasteiger partial charge in [-0.15, -0.1) is 11.8 Å². The standard InChI is InChI=1S/C15H17ClF3NO3S/c1-8(2)23-13(21)7-24-9(3)14(22)20-12-5-4-10(16)6-11(12)15(17,18)19/h4-6,8-9H,7H2,1-3H3,(H,20,22). The minimum Gasteiger partial charge on any atom is -0.462 e. The number of hydrogen-bond donors (Lipinski definition) is 1. The van der Waals surface area contributed by atoms with Crippen molar-refractivity contribution in [1.82, 2.24) is 0 Å². The Hall–Kier alpha value is -1.41. The van der Waals surface area contributed by atoms with E-state index in [0.717, 1.165) is 23.9 Å². The summed E-state index contributed by atoms with van der Waals surface area (Å²) >= 11 is 6.56. The summed E-state index contributed by atoms with van der Waals surface area (Å²) in [6.07, 6.45) is -4.92. The highest BCUT2D eigenvalue weighted by Gasteiger charge is 2.34. The number of ether oxygens (including phenoxy) is 1. The van der Waals surface area contributed by atoms with E-state index in [2.05, 4.69) is 5.32 Å². The predicted octanol–water partition coefficient (Wildman–Crippen LogP) is 4.37. The summed E-state index contributed by atoms with van der Waals surface area (Å²) in [5.41, 5.74) is -1.41. The fraction of sp³-hybridized carbons (Fsp3) is 0.467. The first-order valence-electron chi connectivity index (χ1n) is 6.99. The number of nitrogens with one attached hydrogen (secondary N) is 1. The first-order chi connectivity index (χ1) is 11.0. The highest BCUT2D eigenvalue weighted by atomic mass is 35.5. The van der Waals surface area contributed by atoms with Gasteiger partial charge in [-0.05, 0) is 39.0 Å². The maximum absolute atomic E-state index is 13.0. The van der Waals surface area contributed by atoms with Crippen LogP contribution in [0.2, 0.25) is 5.02 Å². The molecule has 0 aliphatic heterocycles. The molecule has 9 heteroatoms. The van der Waals surface area contributed by atoms with Crippen LogP contribution in [0.3, 0.4) is 0 Å². The number of carbonyl (C=O) groups is 2. The average molecular weight is 384 g/mol. The van der Waals surface area contributed by atoms with E-state index < -0.39 is 28.9 Å². The monoisotopic (exact) mass is 383 g/mol. The van der Waals surface area contributed by atoms with Gasteiger partial charge in [-0.25, -0.2) is 0 Å². The van der Waals surface area contributed by atoms with Crippen molar-refractivity contribution in [3.05, 3.63) is 28.8 Å². The third kappa shape index (κ3) is 6.60. The molecule has 0 aliphatic carbocycles. The quantitative estimate of drug-likeness (QED) is 0.741. The molecule has 4 nitrogen and oxygen atoms in total. The Balaban J connectivity index is 2.72. The number of anilines is 1. The van der Waals surface area contributed by atoms with Crippen LogP contribution in [0.25, 0.3) is 0 Å². The maximum atomic E-state index is 13.0. The summed E-state index contributed by atoms with van der Waals surface area (Å²) in [4.78, 5) is 23.5. The van der Waals surface area contributed by atoms with Gasteiger partial charge in [0.15, 0.2) is 0 Å². The number of alkyl halides is 3. The van der Waals surface area contributed by atoms with E-state index in [1.165, 1.54) is 13.0 Å². The van der Waals surface area contributed by atoms with Crippen LogP contribution in [0.15, 0.2) is 18.2 Å². The Morgan fingerprint density at radius 1 is 1.29 bits per heavy atom. The molecule has 134 valence electrons. The highest BCUT2D eigenvalue weighted by Crippen LogP contribution is 2.36. The van der Waals surface area contributed by atoms with E-state index in [-0.39, 0.29) is 22.6 Å². The molecular weight excluding hydrogens is 367 g/mol. The van der Waals surface area contributed by atoms with E-state index in [1.54, 1.807) is 13.8 Å². The van der Waals surface area contributed by atoms with Crippen LogP contribution in [0.5, 0.6) is 0 Å². The third-order valence-electron chi connectivity index (χ3n) is 2.73. The molecule has 0 saturated heterocycles. The van der Waals surface area contributed by atoms with Gasteiger partial charge in [0.1, 0.15) is 0 Å². The van der Waals surface area contributed by atoms with Gasteiger partial charge >= 0.3 is 12.1 Å². The smallest absolute Gasteiger partial charge is 0.418 e. The summed E-state index contributed by atoms with van der Waals surface area (Å²) in [5.74, 6) is -1.21. The predicted molar refractivity (Wildman–Crippen MR) is 88.2 cm³/mol. The molecule has 0 aromatic heterocycles. The molecule has 0 saturated carbocycles. The summed E-state index contributed by atoms with van der Waals surface area (Å²) < 4.78 is 43.9. The zero-order valence-electron chi connectivity index (χ0n) is 13.2. The van der Waals surface area contributed by atoms with Gasteiger partial charge in [-0.1, -0.05) is 11.6 Å². The Morgan fingerprint density at radius 3 is 2.46 bits per heavy atom. The minimum atomic E-state index is -4.65. The van der Waals surface area contributed by atoms with Crippen molar-refractivity contribution in [2.75, 3.05) is 11.1 Å². The molecule has 24 heavy (non-hydrogen) atoms. The van der Waals surface area contributed by atoms with Crippen molar-refractivity contribution in [3.63, 3.8) is 0 Å². The fourth-order valence-corrected chi connectivity index (χ4v) is 2.50. The van der Waals surface area contributed by atoms with Gasteiger partial charge in [-0.3, -0.25) is 9.59 Å². The number of thioether (sulfide) groups is 1. The molecule has 0 aliphatic rings. The average Bonchev–Trinajstić information content (AvgIpc) is 2.44.